The van der Waals surface area contributed by atoms with Crippen LogP contribution in [0.25, 0.3) is 0 Å². The number of fused-ring (bicyclic) bond motifs is 1. The molecule has 4 aliphatic rings. The summed E-state index contributed by atoms with van der Waals surface area (Å²) in [5.74, 6) is 1.36. The quantitative estimate of drug-likeness (QED) is 0.761. The molecule has 106 valence electrons. The highest BCUT2D eigenvalue weighted by Gasteiger charge is 2.39. The maximum absolute atomic E-state index is 3.71. The first kappa shape index (κ1) is 12.3. The van der Waals surface area contributed by atoms with E-state index >= 15 is 0 Å². The van der Waals surface area contributed by atoms with Crippen LogP contribution in [0.4, 0.5) is 0 Å². The second kappa shape index (κ2) is 4.28. The van der Waals surface area contributed by atoms with Gasteiger partial charge in [0.1, 0.15) is 0 Å². The molecule has 2 aliphatic carbocycles. The van der Waals surface area contributed by atoms with Crippen molar-refractivity contribution in [3.8, 4) is 0 Å². The van der Waals surface area contributed by atoms with Crippen LogP contribution in [0.15, 0.2) is 45.8 Å². The average Bonchev–Trinajstić information content (AvgIpc) is 2.84. The molecule has 2 unspecified atom stereocenters. The lowest BCUT2D eigenvalue weighted by Gasteiger charge is -2.38. The molecule has 1 saturated heterocycles. The van der Waals surface area contributed by atoms with Gasteiger partial charge in [0.2, 0.25) is 0 Å². The van der Waals surface area contributed by atoms with E-state index in [1.807, 2.05) is 0 Å². The normalized spacial score (nSPS) is 31.4. The molecule has 0 amide bonds. The van der Waals surface area contributed by atoms with E-state index in [2.05, 4.69) is 43.6 Å². The summed E-state index contributed by atoms with van der Waals surface area (Å²) >= 11 is 0. The van der Waals surface area contributed by atoms with Crippen LogP contribution in [-0.2, 0) is 0 Å². The summed E-state index contributed by atoms with van der Waals surface area (Å²) in [5.41, 5.74) is 9.29. The fraction of sp³-hybridized carbons (Fsp3) is 0.556. The van der Waals surface area contributed by atoms with Crippen molar-refractivity contribution < 1.29 is 0 Å². The number of hydrogen-bond donors (Lipinski definition) is 2. The number of rotatable bonds is 1. The minimum Gasteiger partial charge on any atom is -0.384 e. The van der Waals surface area contributed by atoms with E-state index in [0.29, 0.717) is 17.9 Å². The van der Waals surface area contributed by atoms with Gasteiger partial charge in [-0.05, 0) is 60.5 Å². The summed E-state index contributed by atoms with van der Waals surface area (Å²) < 4.78 is 0. The molecule has 0 bridgehead atoms. The van der Waals surface area contributed by atoms with Gasteiger partial charge in [0.15, 0.2) is 0 Å². The highest BCUT2D eigenvalue weighted by atomic mass is 15.0. The Bertz CT molecular complexity index is 587. The van der Waals surface area contributed by atoms with Gasteiger partial charge < -0.3 is 10.6 Å². The molecule has 0 spiro atoms. The summed E-state index contributed by atoms with van der Waals surface area (Å²) in [5, 5.41) is 7.34. The van der Waals surface area contributed by atoms with Crippen LogP contribution in [0, 0.1) is 11.8 Å². The Morgan fingerprint density at radius 2 is 2.15 bits per heavy atom. The van der Waals surface area contributed by atoms with Gasteiger partial charge in [-0.25, -0.2) is 0 Å². The van der Waals surface area contributed by atoms with Crippen molar-refractivity contribution in [3.05, 3.63) is 45.8 Å². The predicted octanol–water partition coefficient (Wildman–Crippen LogP) is 3.41. The van der Waals surface area contributed by atoms with E-state index in [1.54, 1.807) is 22.3 Å². The van der Waals surface area contributed by atoms with Crippen LogP contribution in [0.3, 0.4) is 0 Å². The Labute approximate surface area is 121 Å². The van der Waals surface area contributed by atoms with Gasteiger partial charge in [0.05, 0.1) is 6.04 Å². The lowest BCUT2D eigenvalue weighted by molar-refractivity contribution is 0.442. The molecule has 2 aliphatic heterocycles. The predicted molar refractivity (Wildman–Crippen MR) is 83.0 cm³/mol. The van der Waals surface area contributed by atoms with Crippen molar-refractivity contribution in [1.82, 2.24) is 10.6 Å². The van der Waals surface area contributed by atoms with Crippen LogP contribution in [0.1, 0.15) is 40.0 Å². The molecule has 1 fully saturated rings. The Morgan fingerprint density at radius 3 is 2.95 bits per heavy atom. The van der Waals surface area contributed by atoms with Crippen LogP contribution in [0.5, 0.6) is 0 Å². The highest BCUT2D eigenvalue weighted by Crippen LogP contribution is 2.47. The average molecular weight is 268 g/mol. The van der Waals surface area contributed by atoms with Crippen molar-refractivity contribution in [3.63, 3.8) is 0 Å². The van der Waals surface area contributed by atoms with Gasteiger partial charge in [-0.15, -0.1) is 0 Å². The number of dihydropyridines is 1. The molecular weight excluding hydrogens is 244 g/mol. The Kier molecular flexibility index (Phi) is 2.63. The van der Waals surface area contributed by atoms with Crippen LogP contribution in [0.2, 0.25) is 0 Å². The first-order chi connectivity index (χ1) is 9.65. The van der Waals surface area contributed by atoms with Gasteiger partial charge in [-0.3, -0.25) is 0 Å². The van der Waals surface area contributed by atoms with Crippen molar-refractivity contribution in [1.29, 1.82) is 0 Å². The van der Waals surface area contributed by atoms with Gasteiger partial charge in [0.25, 0.3) is 0 Å². The maximum Gasteiger partial charge on any atom is 0.0502 e. The molecule has 2 heterocycles. The van der Waals surface area contributed by atoms with E-state index in [-0.39, 0.29) is 0 Å². The second-order valence-corrected chi connectivity index (χ2v) is 6.96. The Balaban J connectivity index is 1.88. The fourth-order valence-corrected chi connectivity index (χ4v) is 4.39. The largest absolute Gasteiger partial charge is 0.384 e. The van der Waals surface area contributed by atoms with Crippen LogP contribution in [-0.4, -0.2) is 12.6 Å². The molecular formula is C18H24N2. The second-order valence-electron chi connectivity index (χ2n) is 6.96. The minimum absolute atomic E-state index is 0.527. The van der Waals surface area contributed by atoms with E-state index in [4.69, 9.17) is 0 Å². The standard InChI is InChI=1S/C18H24N2/c1-10(2)18-15-8-12-9-19-16-6-4-5-13(17(12)16)14(15)7-11(3)20-18/h6-7,10,12,18-20H,4-5,8-9H2,1-3H3. The molecule has 2 nitrogen and oxygen atoms in total. The van der Waals surface area contributed by atoms with Crippen molar-refractivity contribution in [2.24, 2.45) is 11.8 Å². The molecule has 2 N–H and O–H groups in total. The SMILES string of the molecule is CC1=CC2=C(CC3CNC4=CCCC2=C43)C(C(C)C)N1. The van der Waals surface area contributed by atoms with Crippen LogP contribution < -0.4 is 10.6 Å². The molecule has 0 aromatic heterocycles. The third-order valence-corrected chi connectivity index (χ3v) is 5.23. The zero-order valence-corrected chi connectivity index (χ0v) is 12.7. The third-order valence-electron chi connectivity index (χ3n) is 5.23. The molecule has 0 aromatic carbocycles. The van der Waals surface area contributed by atoms with E-state index in [0.717, 1.165) is 6.54 Å². The smallest absolute Gasteiger partial charge is 0.0502 e. The Hall–Kier alpha value is -1.44. The molecule has 2 atom stereocenters. The molecule has 0 radical (unpaired) electrons. The Morgan fingerprint density at radius 1 is 1.30 bits per heavy atom. The van der Waals surface area contributed by atoms with Gasteiger partial charge in [0, 0.05) is 23.9 Å². The summed E-state index contributed by atoms with van der Waals surface area (Å²) in [6.45, 7) is 8.02. The van der Waals surface area contributed by atoms with E-state index in [9.17, 15) is 0 Å². The lowest BCUT2D eigenvalue weighted by atomic mass is 9.71. The first-order valence-electron chi connectivity index (χ1n) is 8.01. The lowest BCUT2D eigenvalue weighted by Crippen LogP contribution is -2.39. The van der Waals surface area contributed by atoms with Crippen LogP contribution >= 0.6 is 0 Å². The van der Waals surface area contributed by atoms with Gasteiger partial charge in [-0.2, -0.15) is 0 Å². The summed E-state index contributed by atoms with van der Waals surface area (Å²) in [4.78, 5) is 0. The number of allylic oxidation sites excluding steroid dienone is 6. The molecule has 2 heteroatoms. The summed E-state index contributed by atoms with van der Waals surface area (Å²) in [7, 11) is 0. The molecule has 20 heavy (non-hydrogen) atoms. The van der Waals surface area contributed by atoms with Crippen molar-refractivity contribution in [2.45, 2.75) is 46.1 Å². The first-order valence-corrected chi connectivity index (χ1v) is 8.01. The van der Waals surface area contributed by atoms with Crippen molar-refractivity contribution in [2.75, 3.05) is 6.54 Å². The topological polar surface area (TPSA) is 24.1 Å². The number of hydrogen-bond acceptors (Lipinski definition) is 2. The fourth-order valence-electron chi connectivity index (χ4n) is 4.39. The zero-order chi connectivity index (χ0) is 13.9. The minimum atomic E-state index is 0.527. The summed E-state index contributed by atoms with van der Waals surface area (Å²) in [6.07, 6.45) is 8.45. The monoisotopic (exact) mass is 268 g/mol. The highest BCUT2D eigenvalue weighted by molar-refractivity contribution is 5.60. The maximum atomic E-state index is 3.71. The third kappa shape index (κ3) is 1.63. The molecule has 4 rings (SSSR count). The molecule has 0 aromatic rings. The number of nitrogens with one attached hydrogen (secondary N) is 2. The van der Waals surface area contributed by atoms with E-state index < -0.39 is 0 Å². The van der Waals surface area contributed by atoms with Gasteiger partial charge >= 0.3 is 0 Å². The van der Waals surface area contributed by atoms with Gasteiger partial charge in [-0.1, -0.05) is 19.9 Å². The van der Waals surface area contributed by atoms with Crippen molar-refractivity contribution >= 4 is 0 Å². The zero-order valence-electron chi connectivity index (χ0n) is 12.7. The van der Waals surface area contributed by atoms with E-state index in [1.165, 1.54) is 30.7 Å². The molecule has 0 saturated carbocycles. The summed E-state index contributed by atoms with van der Waals surface area (Å²) in [6, 6.07) is 0.527.